The maximum Gasteiger partial charge on any atom is 0.258 e. The molecule has 0 radical (unpaired) electrons. The summed E-state index contributed by atoms with van der Waals surface area (Å²) >= 11 is 0. The minimum atomic E-state index is -0.245. The number of nitrogens with zero attached hydrogens (tertiary/aromatic N) is 2. The number of aromatic nitrogens is 2. The van der Waals surface area contributed by atoms with E-state index in [0.29, 0.717) is 35.3 Å². The lowest BCUT2D eigenvalue weighted by Crippen LogP contribution is -2.34. The molecule has 0 saturated carbocycles. The molecule has 2 N–H and O–H groups in total. The average molecular weight is 392 g/mol. The number of anilines is 1. The van der Waals surface area contributed by atoms with Gasteiger partial charge in [0.05, 0.1) is 17.4 Å². The Bertz CT molecular complexity index is 1070. The minimum Gasteiger partial charge on any atom is -0.336 e. The second-order valence-corrected chi connectivity index (χ2v) is 7.05. The first-order valence-electron chi connectivity index (χ1n) is 9.51. The molecule has 150 valence electrons. The summed E-state index contributed by atoms with van der Waals surface area (Å²) in [7, 11) is 1.60. The summed E-state index contributed by atoms with van der Waals surface area (Å²) < 4.78 is 0. The SMILES string of the molecule is Cc1ccc(NC(=O)CN(C)C(=O)CCCc2nc3ccccc3c(=O)[nH]2)cc1. The summed E-state index contributed by atoms with van der Waals surface area (Å²) in [5.74, 6) is 0.179. The van der Waals surface area contributed by atoms with E-state index in [1.165, 1.54) is 4.90 Å². The van der Waals surface area contributed by atoms with Gasteiger partial charge in [0, 0.05) is 25.6 Å². The highest BCUT2D eigenvalue weighted by Crippen LogP contribution is 2.10. The highest BCUT2D eigenvalue weighted by Gasteiger charge is 2.13. The Morgan fingerprint density at radius 1 is 1.10 bits per heavy atom. The second-order valence-electron chi connectivity index (χ2n) is 7.05. The summed E-state index contributed by atoms with van der Waals surface area (Å²) in [6.45, 7) is 1.96. The van der Waals surface area contributed by atoms with Crippen LogP contribution in [-0.2, 0) is 16.0 Å². The lowest BCUT2D eigenvalue weighted by Gasteiger charge is -2.17. The topological polar surface area (TPSA) is 95.2 Å². The zero-order valence-electron chi connectivity index (χ0n) is 16.6. The average Bonchev–Trinajstić information content (AvgIpc) is 2.69. The highest BCUT2D eigenvalue weighted by molar-refractivity contribution is 5.94. The summed E-state index contributed by atoms with van der Waals surface area (Å²) in [6, 6.07) is 14.6. The second kappa shape index (κ2) is 9.14. The molecule has 0 atom stereocenters. The molecule has 3 rings (SSSR count). The number of aryl methyl sites for hydroxylation is 2. The number of para-hydroxylation sites is 1. The fourth-order valence-corrected chi connectivity index (χ4v) is 2.99. The number of rotatable bonds is 7. The zero-order valence-corrected chi connectivity index (χ0v) is 16.6. The smallest absolute Gasteiger partial charge is 0.258 e. The van der Waals surface area contributed by atoms with Crippen LogP contribution in [0.2, 0.25) is 0 Å². The number of likely N-dealkylation sites (N-methyl/N-ethyl adjacent to an activating group) is 1. The standard InChI is InChI=1S/C22H24N4O3/c1-15-10-12-16(13-11-15)23-20(27)14-26(2)21(28)9-5-8-19-24-18-7-4-3-6-17(18)22(29)25-19/h3-4,6-7,10-13H,5,8-9,14H2,1-2H3,(H,23,27)(H,24,25,29). The number of amides is 2. The Balaban J connectivity index is 1.48. The van der Waals surface area contributed by atoms with Crippen molar-refractivity contribution in [1.29, 1.82) is 0 Å². The largest absolute Gasteiger partial charge is 0.336 e. The van der Waals surface area contributed by atoms with Crippen LogP contribution in [0.3, 0.4) is 0 Å². The molecule has 2 amide bonds. The number of nitrogens with one attached hydrogen (secondary N) is 2. The summed E-state index contributed by atoms with van der Waals surface area (Å²) in [6.07, 6.45) is 1.28. The number of carbonyl (C=O) groups is 2. The van der Waals surface area contributed by atoms with Crippen LogP contribution in [0.4, 0.5) is 5.69 Å². The molecule has 0 bridgehead atoms. The fourth-order valence-electron chi connectivity index (χ4n) is 2.99. The summed E-state index contributed by atoms with van der Waals surface area (Å²) in [4.78, 5) is 45.1. The van der Waals surface area contributed by atoms with E-state index >= 15 is 0 Å². The van der Waals surface area contributed by atoms with Crippen LogP contribution in [0.5, 0.6) is 0 Å². The van der Waals surface area contributed by atoms with Crippen LogP contribution in [0.15, 0.2) is 53.3 Å². The van der Waals surface area contributed by atoms with Crippen LogP contribution in [0.1, 0.15) is 24.2 Å². The molecule has 0 spiro atoms. The van der Waals surface area contributed by atoms with Crippen molar-refractivity contribution in [3.8, 4) is 0 Å². The number of hydrogen-bond donors (Lipinski definition) is 2. The van der Waals surface area contributed by atoms with E-state index in [-0.39, 0.29) is 30.3 Å². The molecule has 0 fully saturated rings. The van der Waals surface area contributed by atoms with E-state index < -0.39 is 0 Å². The van der Waals surface area contributed by atoms with Crippen molar-refractivity contribution in [2.75, 3.05) is 18.9 Å². The minimum absolute atomic E-state index is 0.0161. The van der Waals surface area contributed by atoms with E-state index in [0.717, 1.165) is 5.56 Å². The van der Waals surface area contributed by atoms with Gasteiger partial charge in [0.25, 0.3) is 5.56 Å². The zero-order chi connectivity index (χ0) is 20.8. The van der Waals surface area contributed by atoms with Gasteiger partial charge in [-0.2, -0.15) is 0 Å². The van der Waals surface area contributed by atoms with Crippen LogP contribution in [-0.4, -0.2) is 40.3 Å². The molecule has 1 heterocycles. The van der Waals surface area contributed by atoms with Crippen molar-refractivity contribution >= 4 is 28.4 Å². The van der Waals surface area contributed by atoms with Gasteiger partial charge < -0.3 is 15.2 Å². The predicted molar refractivity (Wildman–Crippen MR) is 113 cm³/mol. The molecule has 0 aliphatic rings. The molecular formula is C22H24N4O3. The lowest BCUT2D eigenvalue weighted by molar-refractivity contribution is -0.133. The number of H-pyrrole nitrogens is 1. The molecule has 3 aromatic rings. The van der Waals surface area contributed by atoms with Gasteiger partial charge in [0.2, 0.25) is 11.8 Å². The Kier molecular flexibility index (Phi) is 6.39. The van der Waals surface area contributed by atoms with Crippen molar-refractivity contribution in [3.05, 3.63) is 70.3 Å². The van der Waals surface area contributed by atoms with Crippen molar-refractivity contribution < 1.29 is 9.59 Å². The van der Waals surface area contributed by atoms with Crippen LogP contribution >= 0.6 is 0 Å². The van der Waals surface area contributed by atoms with E-state index in [1.807, 2.05) is 37.3 Å². The normalized spacial score (nSPS) is 10.7. The van der Waals surface area contributed by atoms with Crippen molar-refractivity contribution in [3.63, 3.8) is 0 Å². The van der Waals surface area contributed by atoms with Crippen LogP contribution < -0.4 is 10.9 Å². The molecule has 1 aromatic heterocycles. The Morgan fingerprint density at radius 2 is 1.83 bits per heavy atom. The third kappa shape index (κ3) is 5.51. The molecule has 29 heavy (non-hydrogen) atoms. The molecule has 0 aliphatic carbocycles. The Hall–Kier alpha value is -3.48. The van der Waals surface area contributed by atoms with Gasteiger partial charge in [0.1, 0.15) is 5.82 Å². The van der Waals surface area contributed by atoms with Crippen molar-refractivity contribution in [2.24, 2.45) is 0 Å². The molecule has 2 aromatic carbocycles. The number of fused-ring (bicyclic) bond motifs is 1. The van der Waals surface area contributed by atoms with E-state index in [4.69, 9.17) is 0 Å². The van der Waals surface area contributed by atoms with Crippen molar-refractivity contribution in [2.45, 2.75) is 26.2 Å². The fraction of sp³-hybridized carbons (Fsp3) is 0.273. The molecule has 0 unspecified atom stereocenters. The van der Waals surface area contributed by atoms with Crippen molar-refractivity contribution in [1.82, 2.24) is 14.9 Å². The van der Waals surface area contributed by atoms with Gasteiger partial charge >= 0.3 is 0 Å². The van der Waals surface area contributed by atoms with Gasteiger partial charge in [-0.05, 0) is 37.6 Å². The lowest BCUT2D eigenvalue weighted by atomic mass is 10.2. The molecule has 0 saturated heterocycles. The maximum absolute atomic E-state index is 12.3. The third-order valence-corrected chi connectivity index (χ3v) is 4.61. The Labute approximate surface area is 168 Å². The van der Waals surface area contributed by atoms with E-state index in [9.17, 15) is 14.4 Å². The first-order valence-corrected chi connectivity index (χ1v) is 9.51. The van der Waals surface area contributed by atoms with Gasteiger partial charge in [-0.15, -0.1) is 0 Å². The molecular weight excluding hydrogens is 368 g/mol. The number of hydrogen-bond acceptors (Lipinski definition) is 4. The quantitative estimate of drug-likeness (QED) is 0.646. The maximum atomic E-state index is 12.3. The van der Waals surface area contributed by atoms with Gasteiger partial charge in [-0.25, -0.2) is 4.98 Å². The molecule has 7 nitrogen and oxygen atoms in total. The van der Waals surface area contributed by atoms with E-state index in [1.54, 1.807) is 25.2 Å². The highest BCUT2D eigenvalue weighted by atomic mass is 16.2. The number of aromatic amines is 1. The summed E-state index contributed by atoms with van der Waals surface area (Å²) in [5, 5.41) is 3.33. The first-order chi connectivity index (χ1) is 13.9. The number of carbonyl (C=O) groups excluding carboxylic acids is 2. The van der Waals surface area contributed by atoms with Gasteiger partial charge in [-0.3, -0.25) is 14.4 Å². The summed E-state index contributed by atoms with van der Waals surface area (Å²) in [5.41, 5.74) is 2.27. The van der Waals surface area contributed by atoms with Crippen LogP contribution in [0, 0.1) is 6.92 Å². The predicted octanol–water partition coefficient (Wildman–Crippen LogP) is 2.65. The third-order valence-electron chi connectivity index (χ3n) is 4.61. The van der Waals surface area contributed by atoms with E-state index in [2.05, 4.69) is 15.3 Å². The van der Waals surface area contributed by atoms with Gasteiger partial charge in [-0.1, -0.05) is 29.8 Å². The first kappa shape index (κ1) is 20.3. The molecule has 7 heteroatoms. The van der Waals surface area contributed by atoms with Gasteiger partial charge in [0.15, 0.2) is 0 Å². The number of benzene rings is 2. The Morgan fingerprint density at radius 3 is 2.59 bits per heavy atom. The monoisotopic (exact) mass is 392 g/mol. The molecule has 0 aliphatic heterocycles. The van der Waals surface area contributed by atoms with Crippen LogP contribution in [0.25, 0.3) is 10.9 Å².